The van der Waals surface area contributed by atoms with Crippen LogP contribution >= 0.6 is 8.07 Å². The number of rotatable bonds is 3. The molecule has 1 rings (SSSR count). The van der Waals surface area contributed by atoms with Crippen molar-refractivity contribution < 1.29 is 0 Å². The minimum atomic E-state index is -0.338. The van der Waals surface area contributed by atoms with Crippen LogP contribution in [0.5, 0.6) is 0 Å². The first kappa shape index (κ1) is 16.0. The van der Waals surface area contributed by atoms with Gasteiger partial charge in [0.25, 0.3) is 0 Å². The van der Waals surface area contributed by atoms with Crippen molar-refractivity contribution in [1.29, 1.82) is 0 Å². The van der Waals surface area contributed by atoms with Crippen molar-refractivity contribution in [3.05, 3.63) is 0 Å². The SMILES string of the molecule is CCN(CC)N1N(C)CCC(=NC(C)(C)C)P1C. The highest BCUT2D eigenvalue weighted by molar-refractivity contribution is 7.72. The van der Waals surface area contributed by atoms with Crippen LogP contribution in [0.15, 0.2) is 4.99 Å². The van der Waals surface area contributed by atoms with Gasteiger partial charge in [0, 0.05) is 41.2 Å². The predicted molar refractivity (Wildman–Crippen MR) is 82.0 cm³/mol. The summed E-state index contributed by atoms with van der Waals surface area (Å²) in [5, 5.41) is 4.75. The lowest BCUT2D eigenvalue weighted by molar-refractivity contribution is -0.0862. The molecule has 1 heterocycles. The van der Waals surface area contributed by atoms with Gasteiger partial charge in [-0.05, 0) is 27.4 Å². The maximum absolute atomic E-state index is 4.94. The summed E-state index contributed by atoms with van der Waals surface area (Å²) in [4.78, 5) is 7.37. The fourth-order valence-electron chi connectivity index (χ4n) is 2.24. The van der Waals surface area contributed by atoms with Gasteiger partial charge in [-0.15, -0.1) is 4.89 Å². The highest BCUT2D eigenvalue weighted by atomic mass is 31.1. The standard InChI is InChI=1S/C13H29N4P/c1-8-16(9-2)17-15(6)11-10-12(18(17)7)14-13(3,4)5/h8-11H2,1-7H3. The number of hydrogen-bond donors (Lipinski definition) is 0. The van der Waals surface area contributed by atoms with Crippen molar-refractivity contribution >= 4 is 13.5 Å². The van der Waals surface area contributed by atoms with E-state index in [1.54, 1.807) is 0 Å². The van der Waals surface area contributed by atoms with Gasteiger partial charge in [0.05, 0.1) is 11.0 Å². The van der Waals surface area contributed by atoms with Gasteiger partial charge in [-0.3, -0.25) is 4.99 Å². The van der Waals surface area contributed by atoms with E-state index in [2.05, 4.69) is 63.2 Å². The van der Waals surface area contributed by atoms with E-state index in [-0.39, 0.29) is 13.6 Å². The van der Waals surface area contributed by atoms with Gasteiger partial charge in [-0.25, -0.2) is 10.0 Å². The van der Waals surface area contributed by atoms with E-state index in [1.807, 2.05) is 0 Å². The lowest BCUT2D eigenvalue weighted by Gasteiger charge is -2.47. The van der Waals surface area contributed by atoms with Crippen LogP contribution in [0, 0.1) is 0 Å². The molecule has 0 aromatic carbocycles. The highest BCUT2D eigenvalue weighted by Gasteiger charge is 2.32. The largest absolute Gasteiger partial charge is 0.282 e. The topological polar surface area (TPSA) is 22.1 Å². The molecule has 5 heteroatoms. The summed E-state index contributed by atoms with van der Waals surface area (Å²) < 4.78 is 0. The van der Waals surface area contributed by atoms with E-state index in [1.165, 1.54) is 5.45 Å². The third-order valence-electron chi connectivity index (χ3n) is 3.05. The smallest absolute Gasteiger partial charge is 0.0550 e. The Morgan fingerprint density at radius 3 is 2.28 bits per heavy atom. The average molecular weight is 272 g/mol. The minimum absolute atomic E-state index is 0.0385. The molecular formula is C13H29N4P. The fourth-order valence-corrected chi connectivity index (χ4v) is 4.50. The molecule has 1 aliphatic heterocycles. The summed E-state index contributed by atoms with van der Waals surface area (Å²) >= 11 is 0. The Hall–Kier alpha value is -0.0200. The molecule has 0 saturated carbocycles. The molecule has 4 nitrogen and oxygen atoms in total. The normalized spacial score (nSPS) is 26.2. The molecule has 106 valence electrons. The predicted octanol–water partition coefficient (Wildman–Crippen LogP) is 3.02. The zero-order chi connectivity index (χ0) is 13.9. The van der Waals surface area contributed by atoms with Crippen molar-refractivity contribution in [2.45, 2.75) is 46.6 Å². The summed E-state index contributed by atoms with van der Waals surface area (Å²) in [6.07, 6.45) is 1.10. The average Bonchev–Trinajstić information content (AvgIpc) is 2.27. The van der Waals surface area contributed by atoms with Gasteiger partial charge < -0.3 is 0 Å². The van der Waals surface area contributed by atoms with Crippen LogP contribution in [0.3, 0.4) is 0 Å². The molecule has 1 atom stereocenters. The molecule has 0 aromatic heterocycles. The fraction of sp³-hybridized carbons (Fsp3) is 0.923. The van der Waals surface area contributed by atoms with Gasteiger partial charge in [0.1, 0.15) is 0 Å². The molecule has 1 aliphatic rings. The van der Waals surface area contributed by atoms with Crippen molar-refractivity contribution in [2.75, 3.05) is 33.3 Å². The van der Waals surface area contributed by atoms with Crippen molar-refractivity contribution in [3.63, 3.8) is 0 Å². The number of hydrogen-bond acceptors (Lipinski definition) is 4. The molecule has 0 bridgehead atoms. The number of nitrogens with zero attached hydrogens (tertiary/aromatic N) is 4. The van der Waals surface area contributed by atoms with Gasteiger partial charge in [-0.2, -0.15) is 0 Å². The van der Waals surface area contributed by atoms with Gasteiger partial charge in [-0.1, -0.05) is 13.8 Å². The number of aliphatic imine (C=N–C) groups is 1. The van der Waals surface area contributed by atoms with E-state index in [0.29, 0.717) is 0 Å². The molecule has 0 amide bonds. The molecule has 0 aliphatic carbocycles. The van der Waals surface area contributed by atoms with Crippen LogP contribution in [0.1, 0.15) is 41.0 Å². The summed E-state index contributed by atoms with van der Waals surface area (Å²) in [5.41, 5.74) is 1.43. The zero-order valence-corrected chi connectivity index (χ0v) is 14.0. The Kier molecular flexibility index (Phi) is 5.72. The molecule has 0 aromatic rings. The second kappa shape index (κ2) is 6.42. The monoisotopic (exact) mass is 272 g/mol. The van der Waals surface area contributed by atoms with E-state index in [0.717, 1.165) is 26.1 Å². The highest BCUT2D eigenvalue weighted by Crippen LogP contribution is 2.45. The Bertz CT molecular complexity index is 294. The Balaban J connectivity index is 2.93. The van der Waals surface area contributed by atoms with Gasteiger partial charge in [0.15, 0.2) is 0 Å². The Morgan fingerprint density at radius 1 is 1.28 bits per heavy atom. The van der Waals surface area contributed by atoms with Crippen molar-refractivity contribution in [3.8, 4) is 0 Å². The van der Waals surface area contributed by atoms with Crippen LogP contribution in [0.4, 0.5) is 0 Å². The molecule has 18 heavy (non-hydrogen) atoms. The quantitative estimate of drug-likeness (QED) is 0.737. The molecule has 0 spiro atoms. The maximum atomic E-state index is 4.94. The van der Waals surface area contributed by atoms with E-state index < -0.39 is 0 Å². The maximum Gasteiger partial charge on any atom is 0.0550 e. The number of hydrazine groups is 2. The van der Waals surface area contributed by atoms with Gasteiger partial charge in [0.2, 0.25) is 0 Å². The molecule has 0 N–H and O–H groups in total. The minimum Gasteiger partial charge on any atom is -0.282 e. The van der Waals surface area contributed by atoms with Gasteiger partial charge >= 0.3 is 0 Å². The first-order valence-electron chi connectivity index (χ1n) is 6.88. The second-order valence-electron chi connectivity index (χ2n) is 5.76. The van der Waals surface area contributed by atoms with Crippen molar-refractivity contribution in [2.24, 2.45) is 4.99 Å². The molecule has 1 unspecified atom stereocenters. The first-order chi connectivity index (χ1) is 8.30. The van der Waals surface area contributed by atoms with Crippen LogP contribution < -0.4 is 0 Å². The summed E-state index contributed by atoms with van der Waals surface area (Å²) in [6, 6.07) is 0. The lowest BCUT2D eigenvalue weighted by Crippen LogP contribution is -2.52. The first-order valence-corrected chi connectivity index (χ1v) is 8.62. The van der Waals surface area contributed by atoms with Crippen LogP contribution in [0.25, 0.3) is 0 Å². The molecule has 0 radical (unpaired) electrons. The Morgan fingerprint density at radius 2 is 1.83 bits per heavy atom. The molecular weight excluding hydrogens is 243 g/mol. The third-order valence-corrected chi connectivity index (χ3v) is 5.22. The Labute approximate surface area is 114 Å². The van der Waals surface area contributed by atoms with E-state index >= 15 is 0 Å². The summed E-state index contributed by atoms with van der Waals surface area (Å²) in [5.74, 6) is 0. The lowest BCUT2D eigenvalue weighted by atomic mass is 10.1. The second-order valence-corrected chi connectivity index (χ2v) is 7.68. The third kappa shape index (κ3) is 3.99. The molecule has 1 fully saturated rings. The summed E-state index contributed by atoms with van der Waals surface area (Å²) in [7, 11) is 1.85. The zero-order valence-electron chi connectivity index (χ0n) is 13.1. The van der Waals surface area contributed by atoms with Crippen molar-refractivity contribution in [1.82, 2.24) is 14.9 Å². The van der Waals surface area contributed by atoms with Crippen LogP contribution in [-0.4, -0.2) is 59.2 Å². The summed E-state index contributed by atoms with van der Waals surface area (Å²) in [6.45, 7) is 16.5. The van der Waals surface area contributed by atoms with Crippen LogP contribution in [0.2, 0.25) is 0 Å². The molecule has 1 saturated heterocycles. The van der Waals surface area contributed by atoms with E-state index in [4.69, 9.17) is 4.99 Å². The van der Waals surface area contributed by atoms with Crippen LogP contribution in [-0.2, 0) is 0 Å². The van der Waals surface area contributed by atoms with E-state index in [9.17, 15) is 0 Å².